The lowest BCUT2D eigenvalue weighted by atomic mass is 9.89. The first-order valence-electron chi connectivity index (χ1n) is 6.93. The van der Waals surface area contributed by atoms with E-state index in [4.69, 9.17) is 0 Å². The topological polar surface area (TPSA) is 57.6 Å². The third kappa shape index (κ3) is 2.52. The lowest BCUT2D eigenvalue weighted by molar-refractivity contribution is -0.149. The van der Waals surface area contributed by atoms with Crippen LogP contribution in [0.25, 0.3) is 0 Å². The quantitative estimate of drug-likeness (QED) is 0.760. The molecule has 0 spiro atoms. The Balaban J connectivity index is 2.77. The highest BCUT2D eigenvalue weighted by molar-refractivity contribution is 5.93. The van der Waals surface area contributed by atoms with Gasteiger partial charge in [0.05, 0.1) is 11.3 Å². The predicted octanol–water partition coefficient (Wildman–Crippen LogP) is 2.38. The molecule has 1 aliphatic carbocycles. The minimum atomic E-state index is -0.816. The van der Waals surface area contributed by atoms with E-state index in [9.17, 15) is 14.7 Å². The van der Waals surface area contributed by atoms with Gasteiger partial charge in [-0.2, -0.15) is 0 Å². The summed E-state index contributed by atoms with van der Waals surface area (Å²) in [4.78, 5) is 25.6. The van der Waals surface area contributed by atoms with Crippen LogP contribution in [-0.4, -0.2) is 35.0 Å². The fourth-order valence-electron chi connectivity index (χ4n) is 2.80. The van der Waals surface area contributed by atoms with E-state index < -0.39 is 11.4 Å². The molecular weight excluding hydrogens is 230 g/mol. The normalized spacial score (nSPS) is 26.2. The summed E-state index contributed by atoms with van der Waals surface area (Å²) >= 11 is 0. The minimum absolute atomic E-state index is 0.00838. The molecule has 0 heterocycles. The van der Waals surface area contributed by atoms with E-state index in [2.05, 4.69) is 0 Å². The van der Waals surface area contributed by atoms with Crippen molar-refractivity contribution in [3.63, 3.8) is 0 Å². The summed E-state index contributed by atoms with van der Waals surface area (Å²) in [7, 11) is 0. The first-order valence-corrected chi connectivity index (χ1v) is 6.93. The van der Waals surface area contributed by atoms with Gasteiger partial charge in [0.2, 0.25) is 5.91 Å². The van der Waals surface area contributed by atoms with E-state index in [1.807, 2.05) is 32.6 Å². The van der Waals surface area contributed by atoms with Gasteiger partial charge in [-0.3, -0.25) is 9.59 Å². The van der Waals surface area contributed by atoms with Crippen molar-refractivity contribution in [1.82, 2.24) is 4.90 Å². The SMILES string of the molecule is CCCN(CCC)C(=O)C1CC1(C(=O)O)C(C)C. The molecule has 4 nitrogen and oxygen atoms in total. The van der Waals surface area contributed by atoms with E-state index in [0.717, 1.165) is 25.9 Å². The Bertz CT molecular complexity index is 321. The third-order valence-corrected chi connectivity index (χ3v) is 4.03. The zero-order valence-electron chi connectivity index (χ0n) is 11.9. The summed E-state index contributed by atoms with van der Waals surface area (Å²) < 4.78 is 0. The number of aliphatic carboxylic acids is 1. The number of carbonyl (C=O) groups excluding carboxylic acids is 1. The molecule has 1 aliphatic rings. The molecule has 4 heteroatoms. The summed E-state index contributed by atoms with van der Waals surface area (Å²) in [6.45, 7) is 9.33. The van der Waals surface area contributed by atoms with E-state index in [1.54, 1.807) is 0 Å². The molecule has 18 heavy (non-hydrogen) atoms. The van der Waals surface area contributed by atoms with Crippen LogP contribution in [0, 0.1) is 17.3 Å². The average Bonchev–Trinajstić information content (AvgIpc) is 3.04. The van der Waals surface area contributed by atoms with Gasteiger partial charge in [0.15, 0.2) is 0 Å². The van der Waals surface area contributed by atoms with Crippen LogP contribution in [0.3, 0.4) is 0 Å². The molecule has 0 aromatic rings. The van der Waals surface area contributed by atoms with Gasteiger partial charge in [0.25, 0.3) is 0 Å². The molecule has 0 aliphatic heterocycles. The van der Waals surface area contributed by atoms with Gasteiger partial charge < -0.3 is 10.0 Å². The summed E-state index contributed by atoms with van der Waals surface area (Å²) in [5, 5.41) is 9.36. The second kappa shape index (κ2) is 5.72. The number of nitrogens with zero attached hydrogens (tertiary/aromatic N) is 1. The Morgan fingerprint density at radius 1 is 1.28 bits per heavy atom. The van der Waals surface area contributed by atoms with Crippen molar-refractivity contribution in [2.24, 2.45) is 17.3 Å². The van der Waals surface area contributed by atoms with Crippen LogP contribution < -0.4 is 0 Å². The summed E-state index contributed by atoms with van der Waals surface area (Å²) in [5.41, 5.74) is -0.809. The molecule has 0 bridgehead atoms. The van der Waals surface area contributed by atoms with Gasteiger partial charge in [-0.15, -0.1) is 0 Å². The van der Waals surface area contributed by atoms with Crippen molar-refractivity contribution in [3.8, 4) is 0 Å². The lowest BCUT2D eigenvalue weighted by Crippen LogP contribution is -2.37. The van der Waals surface area contributed by atoms with E-state index in [-0.39, 0.29) is 17.7 Å². The standard InChI is InChI=1S/C14H25NO3/c1-5-7-15(8-6-2)12(16)11-9-14(11,10(3)4)13(17)18/h10-11H,5-9H2,1-4H3,(H,17,18). The Morgan fingerprint density at radius 2 is 1.78 bits per heavy atom. The molecular formula is C14H25NO3. The zero-order valence-corrected chi connectivity index (χ0v) is 11.9. The van der Waals surface area contributed by atoms with Crippen molar-refractivity contribution in [2.75, 3.05) is 13.1 Å². The number of carbonyl (C=O) groups is 2. The highest BCUT2D eigenvalue weighted by atomic mass is 16.4. The number of carboxylic acid groups (broad SMARTS) is 1. The molecule has 1 saturated carbocycles. The molecule has 1 amide bonds. The molecule has 0 aromatic carbocycles. The number of rotatable bonds is 7. The van der Waals surface area contributed by atoms with Gasteiger partial charge in [-0.25, -0.2) is 0 Å². The van der Waals surface area contributed by atoms with E-state index >= 15 is 0 Å². The maximum Gasteiger partial charge on any atom is 0.310 e. The van der Waals surface area contributed by atoms with Crippen LogP contribution >= 0.6 is 0 Å². The molecule has 1 rings (SSSR count). The van der Waals surface area contributed by atoms with Gasteiger partial charge in [-0.1, -0.05) is 27.7 Å². The van der Waals surface area contributed by atoms with Gasteiger partial charge in [0, 0.05) is 13.1 Å². The smallest absolute Gasteiger partial charge is 0.310 e. The van der Waals surface area contributed by atoms with Crippen LogP contribution in [0.1, 0.15) is 47.0 Å². The Labute approximate surface area is 109 Å². The molecule has 2 atom stereocenters. The maximum absolute atomic E-state index is 12.4. The van der Waals surface area contributed by atoms with Crippen molar-refractivity contribution >= 4 is 11.9 Å². The van der Waals surface area contributed by atoms with Crippen molar-refractivity contribution in [1.29, 1.82) is 0 Å². The van der Waals surface area contributed by atoms with Crippen molar-refractivity contribution < 1.29 is 14.7 Å². The molecule has 1 N–H and O–H groups in total. The minimum Gasteiger partial charge on any atom is -0.481 e. The first-order chi connectivity index (χ1) is 8.41. The Morgan fingerprint density at radius 3 is 2.06 bits per heavy atom. The second-order valence-electron chi connectivity index (χ2n) is 5.58. The largest absolute Gasteiger partial charge is 0.481 e. The number of amides is 1. The second-order valence-corrected chi connectivity index (χ2v) is 5.58. The summed E-state index contributed by atoms with van der Waals surface area (Å²) in [6, 6.07) is 0. The van der Waals surface area contributed by atoms with Crippen LogP contribution in [-0.2, 0) is 9.59 Å². The number of hydrogen-bond acceptors (Lipinski definition) is 2. The van der Waals surface area contributed by atoms with Crippen LogP contribution in [0.5, 0.6) is 0 Å². The predicted molar refractivity (Wildman–Crippen MR) is 70.2 cm³/mol. The lowest BCUT2D eigenvalue weighted by Gasteiger charge is -2.24. The highest BCUT2D eigenvalue weighted by Crippen LogP contribution is 2.58. The highest BCUT2D eigenvalue weighted by Gasteiger charge is 2.66. The molecule has 104 valence electrons. The monoisotopic (exact) mass is 255 g/mol. The van der Waals surface area contributed by atoms with Crippen LogP contribution in [0.2, 0.25) is 0 Å². The van der Waals surface area contributed by atoms with E-state index in [0.29, 0.717) is 6.42 Å². The molecule has 2 unspecified atom stereocenters. The van der Waals surface area contributed by atoms with Gasteiger partial charge in [0.1, 0.15) is 0 Å². The summed E-state index contributed by atoms with van der Waals surface area (Å²) in [5.74, 6) is -1.08. The van der Waals surface area contributed by atoms with Gasteiger partial charge in [-0.05, 0) is 25.2 Å². The molecule has 0 saturated heterocycles. The average molecular weight is 255 g/mol. The fraction of sp³-hybridized carbons (Fsp3) is 0.857. The zero-order chi connectivity index (χ0) is 13.9. The van der Waals surface area contributed by atoms with Crippen molar-refractivity contribution in [3.05, 3.63) is 0 Å². The van der Waals surface area contributed by atoms with Crippen LogP contribution in [0.15, 0.2) is 0 Å². The van der Waals surface area contributed by atoms with Crippen LogP contribution in [0.4, 0.5) is 0 Å². The summed E-state index contributed by atoms with van der Waals surface area (Å²) in [6.07, 6.45) is 2.34. The van der Waals surface area contributed by atoms with Gasteiger partial charge >= 0.3 is 5.97 Å². The first kappa shape index (κ1) is 15.0. The Kier molecular flexibility index (Phi) is 4.77. The maximum atomic E-state index is 12.4. The third-order valence-electron chi connectivity index (χ3n) is 4.03. The number of hydrogen-bond donors (Lipinski definition) is 1. The molecule has 0 aromatic heterocycles. The molecule has 0 radical (unpaired) electrons. The Hall–Kier alpha value is -1.06. The van der Waals surface area contributed by atoms with E-state index in [1.165, 1.54) is 0 Å². The number of carboxylic acids is 1. The molecule has 1 fully saturated rings. The fourth-order valence-corrected chi connectivity index (χ4v) is 2.80. The van der Waals surface area contributed by atoms with Crippen molar-refractivity contribution in [2.45, 2.75) is 47.0 Å².